The summed E-state index contributed by atoms with van der Waals surface area (Å²) in [5.74, 6) is 2.12. The first kappa shape index (κ1) is 4.08. The van der Waals surface area contributed by atoms with Crippen LogP contribution < -0.4 is 5.46 Å². The van der Waals surface area contributed by atoms with Crippen LogP contribution in [0.1, 0.15) is 5.56 Å². The van der Waals surface area contributed by atoms with Gasteiger partial charge in [-0.1, -0.05) is 0 Å². The first-order valence-corrected chi connectivity index (χ1v) is 2.74. The van der Waals surface area contributed by atoms with Crippen molar-refractivity contribution in [3.8, 4) is 0 Å². The molecule has 0 unspecified atom stereocenters. The van der Waals surface area contributed by atoms with Crippen LogP contribution in [0.2, 0.25) is 0 Å². The van der Waals surface area contributed by atoms with E-state index in [9.17, 15) is 0 Å². The second-order valence-electron chi connectivity index (χ2n) is 1.96. The van der Waals surface area contributed by atoms with E-state index in [1.54, 1.807) is 0 Å². The summed E-state index contributed by atoms with van der Waals surface area (Å²) in [5, 5.41) is 0. The molecule has 1 heterocycles. The van der Waals surface area contributed by atoms with Crippen molar-refractivity contribution in [2.24, 2.45) is 0 Å². The Hall–Kier alpha value is -0.845. The van der Waals surface area contributed by atoms with Gasteiger partial charge < -0.3 is 0 Å². The maximum absolute atomic E-state index is 2.12. The molecule has 1 aromatic rings. The molecular formula is C7H5B. The van der Waals surface area contributed by atoms with Gasteiger partial charge in [0.1, 0.15) is 0 Å². The predicted molar refractivity (Wildman–Crippen MR) is 37.0 cm³/mol. The minimum absolute atomic E-state index is 1.37. The average Bonchev–Trinajstić information content (AvgIpc) is 1.72. The summed E-state index contributed by atoms with van der Waals surface area (Å²) in [5.41, 5.74) is 2.74. The number of hydrogen-bond donors (Lipinski definition) is 0. The standard InChI is InChI=1S/C7H5B/c1-2-4-7-6(3-1)5-8-7/h1-5H. The van der Waals surface area contributed by atoms with Crippen molar-refractivity contribution in [2.75, 3.05) is 0 Å². The molecule has 0 saturated heterocycles. The van der Waals surface area contributed by atoms with Gasteiger partial charge in [-0.2, -0.15) is 0 Å². The fraction of sp³-hybridized carbons (Fsp3) is 0. The molecule has 0 saturated carbocycles. The second-order valence-corrected chi connectivity index (χ2v) is 1.96. The fourth-order valence-corrected chi connectivity index (χ4v) is 0.898. The minimum atomic E-state index is 1.37. The van der Waals surface area contributed by atoms with Crippen molar-refractivity contribution >= 4 is 18.4 Å². The van der Waals surface area contributed by atoms with Gasteiger partial charge >= 0.3 is 48.2 Å². The van der Waals surface area contributed by atoms with Crippen LogP contribution in [0.4, 0.5) is 0 Å². The SMILES string of the molecule is B1=Cc2ccccc21. The van der Waals surface area contributed by atoms with Gasteiger partial charge in [0.15, 0.2) is 0 Å². The number of benzene rings is 1. The van der Waals surface area contributed by atoms with Crippen molar-refractivity contribution in [2.45, 2.75) is 0 Å². The summed E-state index contributed by atoms with van der Waals surface area (Å²) < 4.78 is 0. The maximum atomic E-state index is 2.12. The van der Waals surface area contributed by atoms with Crippen molar-refractivity contribution in [1.82, 2.24) is 0 Å². The summed E-state index contributed by atoms with van der Waals surface area (Å²) >= 11 is 0. The Kier molecular flexibility index (Phi) is 0.670. The van der Waals surface area contributed by atoms with Gasteiger partial charge in [0.25, 0.3) is 0 Å². The molecule has 0 fully saturated rings. The average molecular weight is 99.9 g/mol. The van der Waals surface area contributed by atoms with E-state index in [0.29, 0.717) is 0 Å². The van der Waals surface area contributed by atoms with E-state index in [1.165, 1.54) is 11.0 Å². The molecule has 0 spiro atoms. The second kappa shape index (κ2) is 1.31. The van der Waals surface area contributed by atoms with Crippen LogP contribution in [0, 0.1) is 0 Å². The number of hydrogen-bond acceptors (Lipinski definition) is 0. The molecule has 0 bridgehead atoms. The van der Waals surface area contributed by atoms with Crippen molar-refractivity contribution in [1.29, 1.82) is 0 Å². The molecule has 0 aromatic heterocycles. The molecule has 0 atom stereocenters. The predicted octanol–water partition coefficient (Wildman–Crippen LogP) is 0.180. The van der Waals surface area contributed by atoms with E-state index in [1.807, 2.05) is 0 Å². The van der Waals surface area contributed by atoms with Gasteiger partial charge in [0.05, 0.1) is 0 Å². The van der Waals surface area contributed by atoms with Crippen LogP contribution in [-0.4, -0.2) is 12.9 Å². The van der Waals surface area contributed by atoms with Crippen LogP contribution >= 0.6 is 0 Å². The van der Waals surface area contributed by atoms with Crippen molar-refractivity contribution in [3.63, 3.8) is 0 Å². The molecule has 0 aliphatic carbocycles. The third kappa shape index (κ3) is 0.387. The van der Waals surface area contributed by atoms with Crippen LogP contribution in [0.25, 0.3) is 0 Å². The normalized spacial score (nSPS) is 11.5. The Balaban J connectivity index is 2.69. The Morgan fingerprint density at radius 3 is 2.38 bits per heavy atom. The zero-order valence-corrected chi connectivity index (χ0v) is 4.46. The van der Waals surface area contributed by atoms with Crippen LogP contribution in [0.3, 0.4) is 0 Å². The van der Waals surface area contributed by atoms with Crippen LogP contribution in [0.5, 0.6) is 0 Å². The van der Waals surface area contributed by atoms with E-state index in [-0.39, 0.29) is 0 Å². The zero-order chi connectivity index (χ0) is 5.40. The van der Waals surface area contributed by atoms with Gasteiger partial charge in [-0.3, -0.25) is 0 Å². The molecule has 1 aliphatic heterocycles. The molecule has 0 N–H and O–H groups in total. The quantitative estimate of drug-likeness (QED) is 0.414. The van der Waals surface area contributed by atoms with E-state index >= 15 is 0 Å². The number of rotatable bonds is 0. The third-order valence-electron chi connectivity index (χ3n) is 1.44. The molecule has 1 heteroatoms. The van der Waals surface area contributed by atoms with Crippen LogP contribution in [-0.2, 0) is 0 Å². The monoisotopic (exact) mass is 100 g/mol. The molecule has 1 aromatic carbocycles. The molecule has 36 valence electrons. The summed E-state index contributed by atoms with van der Waals surface area (Å²) in [6.07, 6.45) is 0. The van der Waals surface area contributed by atoms with Crippen molar-refractivity contribution < 1.29 is 0 Å². The van der Waals surface area contributed by atoms with Crippen molar-refractivity contribution in [3.05, 3.63) is 29.8 Å². The van der Waals surface area contributed by atoms with Crippen LogP contribution in [0.15, 0.2) is 24.3 Å². The molecule has 1 aliphatic rings. The zero-order valence-electron chi connectivity index (χ0n) is 4.46. The third-order valence-corrected chi connectivity index (χ3v) is 1.44. The van der Waals surface area contributed by atoms with Gasteiger partial charge in [-0.05, 0) is 0 Å². The summed E-state index contributed by atoms with van der Waals surface area (Å²) in [7, 11) is 0. The number of fused-ring (bicyclic) bond motifs is 1. The van der Waals surface area contributed by atoms with E-state index < -0.39 is 0 Å². The molecule has 0 nitrogen and oxygen atoms in total. The summed E-state index contributed by atoms with van der Waals surface area (Å²) in [6, 6.07) is 8.36. The molecule has 0 radical (unpaired) electrons. The summed E-state index contributed by atoms with van der Waals surface area (Å²) in [6.45, 7) is 2.12. The first-order chi connectivity index (χ1) is 3.97. The van der Waals surface area contributed by atoms with Gasteiger partial charge in [-0.25, -0.2) is 0 Å². The first-order valence-electron chi connectivity index (χ1n) is 2.74. The topological polar surface area (TPSA) is 0 Å². The Labute approximate surface area is 49.1 Å². The van der Waals surface area contributed by atoms with Gasteiger partial charge in [0.2, 0.25) is 0 Å². The van der Waals surface area contributed by atoms with E-state index in [0.717, 1.165) is 0 Å². The summed E-state index contributed by atoms with van der Waals surface area (Å²) in [4.78, 5) is 0. The van der Waals surface area contributed by atoms with E-state index in [2.05, 4.69) is 37.2 Å². The molecule has 8 heavy (non-hydrogen) atoms. The molecule has 2 rings (SSSR count). The van der Waals surface area contributed by atoms with Gasteiger partial charge in [0, 0.05) is 0 Å². The van der Waals surface area contributed by atoms with E-state index in [4.69, 9.17) is 0 Å². The fourth-order valence-electron chi connectivity index (χ4n) is 0.898. The Morgan fingerprint density at radius 2 is 2.00 bits per heavy atom. The molecular weight excluding hydrogens is 94.9 g/mol. The Bertz CT molecular complexity index is 213. The Morgan fingerprint density at radius 1 is 1.12 bits per heavy atom. The molecule has 0 amide bonds. The van der Waals surface area contributed by atoms with Gasteiger partial charge in [-0.15, -0.1) is 0 Å².